The van der Waals surface area contributed by atoms with E-state index in [2.05, 4.69) is 4.98 Å². The minimum Gasteiger partial charge on any atom is -0.327 e. The van der Waals surface area contributed by atoms with Crippen molar-refractivity contribution < 1.29 is 4.39 Å². The average Bonchev–Trinajstić information content (AvgIpc) is 2.76. The Morgan fingerprint density at radius 2 is 2.06 bits per heavy atom. The molecule has 0 amide bonds. The van der Waals surface area contributed by atoms with Crippen LogP contribution >= 0.6 is 11.3 Å². The van der Waals surface area contributed by atoms with Gasteiger partial charge in [-0.25, -0.2) is 9.37 Å². The zero-order chi connectivity index (χ0) is 11.4. The predicted octanol–water partition coefficient (Wildman–Crippen LogP) is 2.92. The molecule has 0 saturated carbocycles. The van der Waals surface area contributed by atoms with Crippen molar-refractivity contribution >= 4 is 17.4 Å². The zero-order valence-electron chi connectivity index (χ0n) is 8.56. The second-order valence-electron chi connectivity index (χ2n) is 3.22. The summed E-state index contributed by atoms with van der Waals surface area (Å²) in [5, 5.41) is 2.84. The van der Waals surface area contributed by atoms with Gasteiger partial charge in [-0.2, -0.15) is 0 Å². The van der Waals surface area contributed by atoms with Gasteiger partial charge in [-0.1, -0.05) is 6.08 Å². The monoisotopic (exact) mass is 234 g/mol. The molecule has 0 bridgehead atoms. The van der Waals surface area contributed by atoms with Crippen LogP contribution in [0.4, 0.5) is 4.39 Å². The molecule has 0 aliphatic carbocycles. The van der Waals surface area contributed by atoms with Gasteiger partial charge in [-0.3, -0.25) is 0 Å². The van der Waals surface area contributed by atoms with E-state index >= 15 is 0 Å². The Bertz CT molecular complexity index is 488. The summed E-state index contributed by atoms with van der Waals surface area (Å²) in [6, 6.07) is 6.33. The highest BCUT2D eigenvalue weighted by atomic mass is 32.1. The first-order valence-corrected chi connectivity index (χ1v) is 5.75. The fraction of sp³-hybridized carbons (Fsp3) is 0.0833. The van der Waals surface area contributed by atoms with E-state index in [9.17, 15) is 4.39 Å². The SMILES string of the molecule is NCC=Cc1csc(-c2ccc(F)cc2)n1. The highest BCUT2D eigenvalue weighted by Gasteiger charge is 2.02. The van der Waals surface area contributed by atoms with E-state index in [1.165, 1.54) is 23.5 Å². The Morgan fingerprint density at radius 3 is 2.75 bits per heavy atom. The fourth-order valence-corrected chi connectivity index (χ4v) is 2.07. The zero-order valence-corrected chi connectivity index (χ0v) is 9.38. The van der Waals surface area contributed by atoms with Crippen LogP contribution in [0.15, 0.2) is 35.7 Å². The van der Waals surface area contributed by atoms with E-state index in [1.807, 2.05) is 17.5 Å². The van der Waals surface area contributed by atoms with Gasteiger partial charge in [-0.15, -0.1) is 11.3 Å². The Morgan fingerprint density at radius 1 is 1.31 bits per heavy atom. The first kappa shape index (κ1) is 11.0. The van der Waals surface area contributed by atoms with Gasteiger partial charge in [0.25, 0.3) is 0 Å². The van der Waals surface area contributed by atoms with E-state index in [1.54, 1.807) is 12.1 Å². The van der Waals surface area contributed by atoms with Gasteiger partial charge in [0.05, 0.1) is 5.69 Å². The summed E-state index contributed by atoms with van der Waals surface area (Å²) in [5.74, 6) is -0.233. The molecule has 0 aliphatic heterocycles. The third-order valence-corrected chi connectivity index (χ3v) is 2.95. The lowest BCUT2D eigenvalue weighted by Crippen LogP contribution is -1.91. The largest absolute Gasteiger partial charge is 0.327 e. The molecule has 0 spiro atoms. The van der Waals surface area contributed by atoms with Crippen LogP contribution in [0, 0.1) is 5.82 Å². The molecule has 1 aromatic carbocycles. The van der Waals surface area contributed by atoms with Crippen molar-refractivity contribution in [1.29, 1.82) is 0 Å². The Kier molecular flexibility index (Phi) is 3.44. The van der Waals surface area contributed by atoms with Crippen LogP contribution in [0.3, 0.4) is 0 Å². The van der Waals surface area contributed by atoms with Gasteiger partial charge < -0.3 is 5.73 Å². The van der Waals surface area contributed by atoms with Crippen LogP contribution in [0.1, 0.15) is 5.69 Å². The van der Waals surface area contributed by atoms with Crippen molar-refractivity contribution in [2.45, 2.75) is 0 Å². The first-order chi connectivity index (χ1) is 7.79. The fourth-order valence-electron chi connectivity index (χ4n) is 1.28. The topological polar surface area (TPSA) is 38.9 Å². The summed E-state index contributed by atoms with van der Waals surface area (Å²) in [6.07, 6.45) is 3.73. The maximum atomic E-state index is 12.7. The van der Waals surface area contributed by atoms with E-state index in [0.717, 1.165) is 16.3 Å². The second-order valence-corrected chi connectivity index (χ2v) is 4.08. The minimum atomic E-state index is -0.233. The number of aromatic nitrogens is 1. The van der Waals surface area contributed by atoms with Gasteiger partial charge in [0, 0.05) is 17.5 Å². The number of thiazole rings is 1. The lowest BCUT2D eigenvalue weighted by atomic mass is 10.2. The number of benzene rings is 1. The molecule has 16 heavy (non-hydrogen) atoms. The molecule has 1 aromatic heterocycles. The van der Waals surface area contributed by atoms with E-state index in [-0.39, 0.29) is 5.82 Å². The number of hydrogen-bond acceptors (Lipinski definition) is 3. The molecular formula is C12H11FN2S. The molecule has 0 fully saturated rings. The summed E-state index contributed by atoms with van der Waals surface area (Å²) in [6.45, 7) is 0.503. The van der Waals surface area contributed by atoms with Crippen molar-refractivity contribution in [2.75, 3.05) is 6.54 Å². The molecule has 0 saturated heterocycles. The molecule has 2 rings (SSSR count). The van der Waals surface area contributed by atoms with Gasteiger partial charge in [0.1, 0.15) is 10.8 Å². The molecule has 0 unspecified atom stereocenters. The molecule has 2 nitrogen and oxygen atoms in total. The maximum absolute atomic E-state index is 12.7. The molecule has 0 atom stereocenters. The number of halogens is 1. The standard InChI is InChI=1S/C12H11FN2S/c13-10-5-3-9(4-6-10)12-15-11(8-16-12)2-1-7-14/h1-6,8H,7,14H2. The molecule has 1 heterocycles. The van der Waals surface area contributed by atoms with Gasteiger partial charge in [0.2, 0.25) is 0 Å². The molecule has 2 N–H and O–H groups in total. The second kappa shape index (κ2) is 5.01. The van der Waals surface area contributed by atoms with Crippen molar-refractivity contribution in [3.63, 3.8) is 0 Å². The highest BCUT2D eigenvalue weighted by Crippen LogP contribution is 2.24. The summed E-state index contributed by atoms with van der Waals surface area (Å²) in [5.41, 5.74) is 7.17. The van der Waals surface area contributed by atoms with Crippen LogP contribution in [0.25, 0.3) is 16.6 Å². The average molecular weight is 234 g/mol. The van der Waals surface area contributed by atoms with Crippen LogP contribution in [0.5, 0.6) is 0 Å². The van der Waals surface area contributed by atoms with Gasteiger partial charge in [0.15, 0.2) is 0 Å². The molecule has 0 aliphatic rings. The van der Waals surface area contributed by atoms with Crippen molar-refractivity contribution in [2.24, 2.45) is 5.73 Å². The highest BCUT2D eigenvalue weighted by molar-refractivity contribution is 7.13. The molecular weight excluding hydrogens is 223 g/mol. The minimum absolute atomic E-state index is 0.233. The summed E-state index contributed by atoms with van der Waals surface area (Å²) >= 11 is 1.53. The van der Waals surface area contributed by atoms with Crippen LogP contribution in [0.2, 0.25) is 0 Å². The van der Waals surface area contributed by atoms with Gasteiger partial charge in [-0.05, 0) is 30.3 Å². The Balaban J connectivity index is 2.24. The lowest BCUT2D eigenvalue weighted by Gasteiger charge is -1.94. The van der Waals surface area contributed by atoms with Crippen molar-refractivity contribution in [3.05, 3.63) is 47.2 Å². The molecule has 4 heteroatoms. The number of nitrogens with zero attached hydrogens (tertiary/aromatic N) is 1. The third-order valence-electron chi connectivity index (χ3n) is 2.04. The van der Waals surface area contributed by atoms with Crippen LogP contribution in [-0.2, 0) is 0 Å². The quantitative estimate of drug-likeness (QED) is 0.886. The van der Waals surface area contributed by atoms with Crippen molar-refractivity contribution in [3.8, 4) is 10.6 Å². The number of nitrogens with two attached hydrogens (primary N) is 1. The number of hydrogen-bond donors (Lipinski definition) is 1. The molecule has 2 aromatic rings. The van der Waals surface area contributed by atoms with Crippen LogP contribution in [-0.4, -0.2) is 11.5 Å². The summed E-state index contributed by atoms with van der Waals surface area (Å²) in [7, 11) is 0. The van der Waals surface area contributed by atoms with Crippen molar-refractivity contribution in [1.82, 2.24) is 4.98 Å². The Labute approximate surface area is 97.3 Å². The van der Waals surface area contributed by atoms with E-state index < -0.39 is 0 Å². The third kappa shape index (κ3) is 2.53. The predicted molar refractivity (Wildman–Crippen MR) is 65.6 cm³/mol. The maximum Gasteiger partial charge on any atom is 0.124 e. The summed E-state index contributed by atoms with van der Waals surface area (Å²) in [4.78, 5) is 4.40. The van der Waals surface area contributed by atoms with Crippen LogP contribution < -0.4 is 5.73 Å². The molecule has 82 valence electrons. The first-order valence-electron chi connectivity index (χ1n) is 4.87. The summed E-state index contributed by atoms with van der Waals surface area (Å²) < 4.78 is 12.7. The lowest BCUT2D eigenvalue weighted by molar-refractivity contribution is 0.628. The number of rotatable bonds is 3. The van der Waals surface area contributed by atoms with E-state index in [4.69, 9.17) is 5.73 Å². The molecule has 0 radical (unpaired) electrons. The Hall–Kier alpha value is -1.52. The smallest absolute Gasteiger partial charge is 0.124 e. The van der Waals surface area contributed by atoms with E-state index in [0.29, 0.717) is 6.54 Å². The normalized spacial score (nSPS) is 11.1. The van der Waals surface area contributed by atoms with Gasteiger partial charge >= 0.3 is 0 Å².